The van der Waals surface area contributed by atoms with Crippen LogP contribution in [-0.2, 0) is 20.1 Å². The van der Waals surface area contributed by atoms with E-state index in [-0.39, 0.29) is 20.1 Å². The molecule has 0 amide bonds. The minimum absolute atomic E-state index is 0. The molecule has 4 aromatic rings. The average molecular weight is 424 g/mol. The fourth-order valence-corrected chi connectivity index (χ4v) is 2.37. The van der Waals surface area contributed by atoms with E-state index in [1.165, 1.54) is 0 Å². The Morgan fingerprint density at radius 2 is 1.74 bits per heavy atom. The monoisotopic (exact) mass is 425 g/mol. The van der Waals surface area contributed by atoms with Crippen molar-refractivity contribution in [3.63, 3.8) is 0 Å². The van der Waals surface area contributed by atoms with Gasteiger partial charge in [0.2, 0.25) is 5.78 Å². The van der Waals surface area contributed by atoms with Crippen LogP contribution in [0.2, 0.25) is 0 Å². The Bertz CT molecular complexity index is 830. The minimum atomic E-state index is 0. The summed E-state index contributed by atoms with van der Waals surface area (Å²) >= 11 is 0. The van der Waals surface area contributed by atoms with Gasteiger partial charge in [0.1, 0.15) is 0 Å². The number of para-hydroxylation sites is 3. The van der Waals surface area contributed by atoms with Crippen LogP contribution in [0.1, 0.15) is 0 Å². The van der Waals surface area contributed by atoms with Crippen LogP contribution in [0.5, 0.6) is 0 Å². The van der Waals surface area contributed by atoms with Gasteiger partial charge < -0.3 is 4.57 Å². The van der Waals surface area contributed by atoms with E-state index < -0.39 is 0 Å². The molecule has 0 saturated heterocycles. The second-order valence-corrected chi connectivity index (χ2v) is 4.17. The number of fused-ring (bicyclic) bond motifs is 3. The van der Waals surface area contributed by atoms with Crippen molar-refractivity contribution >= 4 is 16.8 Å². The van der Waals surface area contributed by atoms with Crippen LogP contribution < -0.4 is 0 Å². The number of hydrogen-bond acceptors (Lipinski definition) is 1. The molecule has 2 aromatic heterocycles. The molecule has 95 valence electrons. The molecule has 0 fully saturated rings. The third-order valence-electron chi connectivity index (χ3n) is 3.14. The van der Waals surface area contributed by atoms with Gasteiger partial charge >= 0.3 is 0 Å². The van der Waals surface area contributed by atoms with Gasteiger partial charge in [-0.15, -0.1) is 6.07 Å². The number of imidazole rings is 2. The van der Waals surface area contributed by atoms with Crippen molar-refractivity contribution in [1.29, 1.82) is 0 Å². The van der Waals surface area contributed by atoms with Crippen molar-refractivity contribution in [3.8, 4) is 5.69 Å². The fourth-order valence-electron chi connectivity index (χ4n) is 2.37. The maximum absolute atomic E-state index is 4.44. The predicted molar refractivity (Wildman–Crippen MR) is 70.9 cm³/mol. The summed E-state index contributed by atoms with van der Waals surface area (Å²) in [6.07, 6.45) is 3.80. The van der Waals surface area contributed by atoms with Gasteiger partial charge in [-0.3, -0.25) is 4.40 Å². The average Bonchev–Trinajstić information content (AvgIpc) is 2.99. The quantitative estimate of drug-likeness (QED) is 0.431. The van der Waals surface area contributed by atoms with E-state index in [1.54, 1.807) is 0 Å². The largest absolute Gasteiger partial charge is 0.302 e. The van der Waals surface area contributed by atoms with Gasteiger partial charge in [-0.25, -0.2) is 4.98 Å². The molecule has 4 heteroatoms. The normalized spacial score (nSPS) is 10.7. The Labute approximate surface area is 123 Å². The SMILES string of the molecule is [Ir].[c-]1ccccc1-n1c2ccccc2n2ccnc12. The first-order valence-corrected chi connectivity index (χ1v) is 5.85. The molecule has 0 bridgehead atoms. The van der Waals surface area contributed by atoms with Crippen molar-refractivity contribution in [2.45, 2.75) is 0 Å². The summed E-state index contributed by atoms with van der Waals surface area (Å²) in [5, 5.41) is 0. The molecule has 0 atom stereocenters. The van der Waals surface area contributed by atoms with Crippen LogP contribution in [0.4, 0.5) is 0 Å². The van der Waals surface area contributed by atoms with Crippen LogP contribution in [0, 0.1) is 6.07 Å². The maximum Gasteiger partial charge on any atom is 0.217 e. The zero-order valence-corrected chi connectivity index (χ0v) is 12.3. The smallest absolute Gasteiger partial charge is 0.217 e. The number of nitrogens with zero attached hydrogens (tertiary/aromatic N) is 3. The summed E-state index contributed by atoms with van der Waals surface area (Å²) in [6.45, 7) is 0. The second kappa shape index (κ2) is 4.65. The van der Waals surface area contributed by atoms with Crippen LogP contribution in [-0.4, -0.2) is 14.0 Å². The Morgan fingerprint density at radius 3 is 2.53 bits per heavy atom. The molecule has 0 saturated carbocycles. The van der Waals surface area contributed by atoms with E-state index in [2.05, 4.69) is 32.2 Å². The molecule has 4 rings (SSSR count). The first kappa shape index (κ1) is 12.1. The maximum atomic E-state index is 4.44. The van der Waals surface area contributed by atoms with Gasteiger partial charge in [0, 0.05) is 32.5 Å². The van der Waals surface area contributed by atoms with E-state index >= 15 is 0 Å². The van der Waals surface area contributed by atoms with Crippen molar-refractivity contribution in [2.24, 2.45) is 0 Å². The zero-order chi connectivity index (χ0) is 11.9. The molecule has 0 N–H and O–H groups in total. The van der Waals surface area contributed by atoms with Crippen LogP contribution >= 0.6 is 0 Å². The van der Waals surface area contributed by atoms with Gasteiger partial charge in [-0.2, -0.15) is 24.3 Å². The van der Waals surface area contributed by atoms with E-state index in [1.807, 2.05) is 48.8 Å². The Kier molecular flexibility index (Phi) is 2.97. The molecule has 0 aliphatic rings. The number of rotatable bonds is 1. The third kappa shape index (κ3) is 1.72. The van der Waals surface area contributed by atoms with Crippen molar-refractivity contribution in [3.05, 3.63) is 67.0 Å². The number of benzene rings is 2. The molecular formula is C15H10IrN3-. The summed E-state index contributed by atoms with van der Waals surface area (Å²) < 4.78 is 4.21. The van der Waals surface area contributed by atoms with E-state index in [9.17, 15) is 0 Å². The number of aromatic nitrogens is 3. The molecule has 3 nitrogen and oxygen atoms in total. The predicted octanol–water partition coefficient (Wildman–Crippen LogP) is 3.08. The van der Waals surface area contributed by atoms with Crippen LogP contribution in [0.3, 0.4) is 0 Å². The van der Waals surface area contributed by atoms with Gasteiger partial charge in [-0.1, -0.05) is 17.8 Å². The minimum Gasteiger partial charge on any atom is -0.302 e. The first-order chi connectivity index (χ1) is 8.95. The summed E-state index contributed by atoms with van der Waals surface area (Å²) in [6, 6.07) is 19.5. The fraction of sp³-hybridized carbons (Fsp3) is 0. The first-order valence-electron chi connectivity index (χ1n) is 5.85. The standard InChI is InChI=1S/C15H10N3.Ir/c1-2-6-12(7-3-1)18-14-9-5-4-8-13(14)17-11-10-16-15(17)18;/h1-6,8-11H;/q-1;. The topological polar surface area (TPSA) is 22.2 Å². The third-order valence-corrected chi connectivity index (χ3v) is 3.14. The second-order valence-electron chi connectivity index (χ2n) is 4.17. The molecule has 0 aliphatic carbocycles. The van der Waals surface area contributed by atoms with E-state index in [4.69, 9.17) is 0 Å². The molecule has 2 aromatic carbocycles. The Hall–Kier alpha value is -1.90. The summed E-state index contributed by atoms with van der Waals surface area (Å²) in [5.41, 5.74) is 3.31. The van der Waals surface area contributed by atoms with Gasteiger partial charge in [-0.05, 0) is 12.1 Å². The summed E-state index contributed by atoms with van der Waals surface area (Å²) in [7, 11) is 0. The molecule has 2 heterocycles. The van der Waals surface area contributed by atoms with Gasteiger partial charge in [0.05, 0.1) is 11.0 Å². The van der Waals surface area contributed by atoms with Crippen LogP contribution in [0.15, 0.2) is 60.9 Å². The molecule has 1 radical (unpaired) electrons. The summed E-state index contributed by atoms with van der Waals surface area (Å²) in [5.74, 6) is 0.915. The Morgan fingerprint density at radius 1 is 0.947 bits per heavy atom. The number of hydrogen-bond donors (Lipinski definition) is 0. The van der Waals surface area contributed by atoms with Gasteiger partial charge in [0.15, 0.2) is 0 Å². The van der Waals surface area contributed by atoms with Crippen molar-refractivity contribution in [1.82, 2.24) is 14.0 Å². The molecule has 19 heavy (non-hydrogen) atoms. The zero-order valence-electron chi connectivity index (χ0n) is 9.95. The van der Waals surface area contributed by atoms with Crippen molar-refractivity contribution < 1.29 is 20.1 Å². The van der Waals surface area contributed by atoms with Gasteiger partial charge in [0.25, 0.3) is 0 Å². The van der Waals surface area contributed by atoms with Crippen molar-refractivity contribution in [2.75, 3.05) is 0 Å². The Balaban J connectivity index is 0.00000110. The molecule has 0 unspecified atom stereocenters. The summed E-state index contributed by atoms with van der Waals surface area (Å²) in [4.78, 5) is 4.44. The molecule has 0 aliphatic heterocycles. The molecular weight excluding hydrogens is 414 g/mol. The van der Waals surface area contributed by atoms with E-state index in [0.717, 1.165) is 22.5 Å². The van der Waals surface area contributed by atoms with Crippen LogP contribution in [0.25, 0.3) is 22.5 Å². The van der Waals surface area contributed by atoms with E-state index in [0.29, 0.717) is 0 Å². The molecule has 0 spiro atoms.